The molecule has 2 amide bonds. The SMILES string of the molecule is C[C@@H](CO)NC(=NC[C@H](NC(=O)c1c(Cl)cc2c(c1Cl)CCN(C(=O)c1ccc3ccoc3c1)C2)C(=O)O)NN. The van der Waals surface area contributed by atoms with Crippen molar-refractivity contribution in [3.8, 4) is 0 Å². The van der Waals surface area contributed by atoms with Crippen molar-refractivity contribution in [2.45, 2.75) is 32.0 Å². The summed E-state index contributed by atoms with van der Waals surface area (Å²) in [7, 11) is 0. The highest BCUT2D eigenvalue weighted by molar-refractivity contribution is 6.40. The Labute approximate surface area is 239 Å². The lowest BCUT2D eigenvalue weighted by Crippen LogP contribution is -2.48. The van der Waals surface area contributed by atoms with Gasteiger partial charge in [0.15, 0.2) is 0 Å². The van der Waals surface area contributed by atoms with Crippen molar-refractivity contribution in [1.82, 2.24) is 21.0 Å². The zero-order valence-corrected chi connectivity index (χ0v) is 22.9. The minimum atomic E-state index is -1.43. The average molecular weight is 591 g/mol. The number of aliphatic carboxylic acids is 1. The molecule has 0 spiro atoms. The molecule has 4 rings (SSSR count). The van der Waals surface area contributed by atoms with Gasteiger partial charge in [-0.1, -0.05) is 29.3 Å². The van der Waals surface area contributed by atoms with E-state index in [0.29, 0.717) is 35.2 Å². The Morgan fingerprint density at radius 1 is 1.20 bits per heavy atom. The normalized spacial score (nSPS) is 14.8. The lowest BCUT2D eigenvalue weighted by molar-refractivity contribution is -0.138. The van der Waals surface area contributed by atoms with Crippen LogP contribution in [0.15, 0.2) is 46.0 Å². The number of aliphatic imine (C=N–C) groups is 1. The number of guanidine groups is 1. The third-order valence-electron chi connectivity index (χ3n) is 6.45. The number of carboxylic acids is 1. The number of nitrogens with zero attached hydrogens (tertiary/aromatic N) is 2. The van der Waals surface area contributed by atoms with Crippen LogP contribution in [0.25, 0.3) is 11.0 Å². The molecule has 0 radical (unpaired) electrons. The summed E-state index contributed by atoms with van der Waals surface area (Å²) in [4.78, 5) is 43.8. The van der Waals surface area contributed by atoms with Gasteiger partial charge in [0.2, 0.25) is 5.96 Å². The molecule has 1 aliphatic rings. The summed E-state index contributed by atoms with van der Waals surface area (Å²) in [5.41, 5.74) is 4.65. The molecule has 2 atom stereocenters. The van der Waals surface area contributed by atoms with E-state index in [0.717, 1.165) is 5.39 Å². The molecule has 1 aromatic heterocycles. The fraction of sp³-hybridized carbons (Fsp3) is 0.308. The molecule has 3 aromatic rings. The van der Waals surface area contributed by atoms with Gasteiger partial charge in [-0.25, -0.2) is 15.6 Å². The van der Waals surface area contributed by atoms with Crippen LogP contribution in [0.1, 0.15) is 38.8 Å². The van der Waals surface area contributed by atoms with Crippen LogP contribution in [-0.2, 0) is 17.8 Å². The van der Waals surface area contributed by atoms with Crippen LogP contribution in [0.4, 0.5) is 0 Å². The van der Waals surface area contributed by atoms with E-state index in [2.05, 4.69) is 21.1 Å². The second-order valence-electron chi connectivity index (χ2n) is 9.26. The van der Waals surface area contributed by atoms with Gasteiger partial charge in [-0.05, 0) is 48.7 Å². The number of fused-ring (bicyclic) bond motifs is 2. The van der Waals surface area contributed by atoms with Crippen LogP contribution in [0, 0.1) is 0 Å². The predicted octanol–water partition coefficient (Wildman–Crippen LogP) is 1.91. The van der Waals surface area contributed by atoms with Crippen LogP contribution >= 0.6 is 23.2 Å². The maximum Gasteiger partial charge on any atom is 0.328 e. The molecule has 0 unspecified atom stereocenters. The molecule has 14 heteroatoms. The quantitative estimate of drug-likeness (QED) is 0.0987. The molecule has 0 fully saturated rings. The van der Waals surface area contributed by atoms with Gasteiger partial charge in [0, 0.05) is 30.1 Å². The van der Waals surface area contributed by atoms with E-state index in [4.69, 9.17) is 38.6 Å². The summed E-state index contributed by atoms with van der Waals surface area (Å²) in [5, 5.41) is 25.0. The number of hydrazine groups is 1. The minimum absolute atomic E-state index is 0.0166. The molecule has 2 heterocycles. The monoisotopic (exact) mass is 590 g/mol. The molecule has 0 saturated heterocycles. The standard InChI is InChI=1S/C26H28Cl2N6O6/c1-13(12-35)31-26(33-29)30-10-19(25(38)39)32-23(36)21-18(27)8-16-11-34(6-4-17(16)22(21)28)24(37)15-3-2-14-5-7-40-20(14)9-15/h2-3,5,7-9,13,19,35H,4,6,10-12,29H2,1H3,(H,32,36)(H,38,39)(H2,30,31,33)/t13-,19-/m0/s1. The van der Waals surface area contributed by atoms with Crippen LogP contribution in [0.3, 0.4) is 0 Å². The summed E-state index contributed by atoms with van der Waals surface area (Å²) in [6, 6.07) is 6.81. The molecule has 7 N–H and O–H groups in total. The van der Waals surface area contributed by atoms with E-state index in [9.17, 15) is 19.5 Å². The molecular weight excluding hydrogens is 563 g/mol. The van der Waals surface area contributed by atoms with Crippen molar-refractivity contribution < 1.29 is 29.0 Å². The van der Waals surface area contributed by atoms with Gasteiger partial charge in [0.05, 0.1) is 35.0 Å². The van der Waals surface area contributed by atoms with Crippen molar-refractivity contribution in [2.24, 2.45) is 10.8 Å². The zero-order chi connectivity index (χ0) is 29.0. The molecule has 0 saturated carbocycles. The van der Waals surface area contributed by atoms with Gasteiger partial charge in [-0.2, -0.15) is 0 Å². The lowest BCUT2D eigenvalue weighted by atomic mass is 9.96. The number of rotatable bonds is 8. The Morgan fingerprint density at radius 2 is 1.98 bits per heavy atom. The highest BCUT2D eigenvalue weighted by Crippen LogP contribution is 2.35. The first kappa shape index (κ1) is 29.2. The maximum absolute atomic E-state index is 13.2. The number of nitrogens with two attached hydrogens (primary N) is 1. The van der Waals surface area contributed by atoms with Gasteiger partial charge in [-0.15, -0.1) is 0 Å². The van der Waals surface area contributed by atoms with Gasteiger partial charge in [-0.3, -0.25) is 15.0 Å². The molecule has 40 heavy (non-hydrogen) atoms. The van der Waals surface area contributed by atoms with E-state index < -0.39 is 24.0 Å². The number of carboxylic acid groups (broad SMARTS) is 1. The smallest absolute Gasteiger partial charge is 0.328 e. The van der Waals surface area contributed by atoms with Crippen LogP contribution in [0.2, 0.25) is 10.0 Å². The molecule has 212 valence electrons. The van der Waals surface area contributed by atoms with Crippen molar-refractivity contribution in [2.75, 3.05) is 19.7 Å². The Hall–Kier alpha value is -3.84. The number of carbonyl (C=O) groups is 3. The Kier molecular flexibility index (Phi) is 9.15. The van der Waals surface area contributed by atoms with E-state index in [-0.39, 0.29) is 47.2 Å². The first-order valence-electron chi connectivity index (χ1n) is 12.3. The van der Waals surface area contributed by atoms with Gasteiger partial charge in [0.25, 0.3) is 11.8 Å². The summed E-state index contributed by atoms with van der Waals surface area (Å²) in [6.07, 6.45) is 1.93. The van der Waals surface area contributed by atoms with E-state index >= 15 is 0 Å². The number of aliphatic hydroxyl groups excluding tert-OH is 1. The number of amides is 2. The molecular formula is C26H28Cl2N6O6. The van der Waals surface area contributed by atoms with Crippen molar-refractivity contribution in [3.05, 3.63) is 68.9 Å². The third kappa shape index (κ3) is 6.31. The third-order valence-corrected chi connectivity index (χ3v) is 7.17. The average Bonchev–Trinajstić information content (AvgIpc) is 3.41. The van der Waals surface area contributed by atoms with Crippen molar-refractivity contribution >= 4 is 57.9 Å². The van der Waals surface area contributed by atoms with E-state index in [1.54, 1.807) is 36.3 Å². The number of furan rings is 1. The number of benzene rings is 2. The van der Waals surface area contributed by atoms with Gasteiger partial charge >= 0.3 is 5.97 Å². The highest BCUT2D eigenvalue weighted by Gasteiger charge is 2.29. The van der Waals surface area contributed by atoms with Crippen LogP contribution in [0.5, 0.6) is 0 Å². The molecule has 2 aromatic carbocycles. The Balaban J connectivity index is 1.50. The summed E-state index contributed by atoms with van der Waals surface area (Å²) >= 11 is 13.1. The van der Waals surface area contributed by atoms with E-state index in [1.165, 1.54) is 0 Å². The number of aliphatic hydroxyl groups is 1. The topological polar surface area (TPSA) is 183 Å². The number of halogens is 2. The first-order chi connectivity index (χ1) is 19.1. The van der Waals surface area contributed by atoms with Gasteiger partial charge in [0.1, 0.15) is 11.6 Å². The Morgan fingerprint density at radius 3 is 2.67 bits per heavy atom. The second-order valence-corrected chi connectivity index (χ2v) is 10.0. The fourth-order valence-electron chi connectivity index (χ4n) is 4.31. The van der Waals surface area contributed by atoms with Gasteiger partial charge < -0.3 is 30.2 Å². The molecule has 0 bridgehead atoms. The first-order valence-corrected chi connectivity index (χ1v) is 13.1. The lowest BCUT2D eigenvalue weighted by Gasteiger charge is -2.30. The van der Waals surface area contributed by atoms with Crippen LogP contribution < -0.4 is 21.9 Å². The zero-order valence-electron chi connectivity index (χ0n) is 21.4. The summed E-state index contributed by atoms with van der Waals surface area (Å²) < 4.78 is 5.41. The maximum atomic E-state index is 13.2. The van der Waals surface area contributed by atoms with Crippen LogP contribution in [-0.4, -0.2) is 70.6 Å². The Bertz CT molecular complexity index is 1480. The van der Waals surface area contributed by atoms with E-state index in [1.807, 2.05) is 12.1 Å². The number of hydrogen-bond acceptors (Lipinski definition) is 7. The predicted molar refractivity (Wildman–Crippen MR) is 149 cm³/mol. The molecule has 0 aliphatic carbocycles. The number of carbonyl (C=O) groups excluding carboxylic acids is 2. The van der Waals surface area contributed by atoms with Crippen molar-refractivity contribution in [1.29, 1.82) is 0 Å². The highest BCUT2D eigenvalue weighted by atomic mass is 35.5. The second kappa shape index (κ2) is 12.6. The number of hydrogen-bond donors (Lipinski definition) is 6. The summed E-state index contributed by atoms with van der Waals surface area (Å²) in [5.74, 6) is 3.12. The van der Waals surface area contributed by atoms with Crippen molar-refractivity contribution in [3.63, 3.8) is 0 Å². The minimum Gasteiger partial charge on any atom is -0.480 e. The largest absolute Gasteiger partial charge is 0.480 e. The fourth-order valence-corrected chi connectivity index (χ4v) is 5.08. The molecule has 12 nitrogen and oxygen atoms in total. The molecule has 1 aliphatic heterocycles. The summed E-state index contributed by atoms with van der Waals surface area (Å²) in [6.45, 7) is 1.67. The number of nitrogens with one attached hydrogen (secondary N) is 3.